The molecule has 0 aliphatic heterocycles. The number of rotatable bonds is 1. The van der Waals surface area contributed by atoms with E-state index in [1.54, 1.807) is 6.20 Å². The van der Waals surface area contributed by atoms with Gasteiger partial charge in [-0.2, -0.15) is 0 Å². The van der Waals surface area contributed by atoms with E-state index >= 15 is 0 Å². The van der Waals surface area contributed by atoms with E-state index in [9.17, 15) is 4.39 Å². The predicted octanol–water partition coefficient (Wildman–Crippen LogP) is 2.17. The summed E-state index contributed by atoms with van der Waals surface area (Å²) in [6.45, 7) is 0. The molecule has 0 bridgehead atoms. The minimum atomic E-state index is -0.515. The molecule has 0 unspecified atom stereocenters. The highest BCUT2D eigenvalue weighted by Gasteiger charge is 2.35. The van der Waals surface area contributed by atoms with Crippen molar-refractivity contribution in [2.75, 3.05) is 0 Å². The first-order valence-electron chi connectivity index (χ1n) is 5.64. The number of halogens is 1. The van der Waals surface area contributed by atoms with Crippen molar-refractivity contribution in [2.45, 2.75) is 18.4 Å². The van der Waals surface area contributed by atoms with Crippen LogP contribution in [-0.4, -0.2) is 4.98 Å². The van der Waals surface area contributed by atoms with Crippen LogP contribution in [0.2, 0.25) is 0 Å². The highest BCUT2D eigenvalue weighted by atomic mass is 19.1. The summed E-state index contributed by atoms with van der Waals surface area (Å²) in [6, 6.07) is 9.66. The summed E-state index contributed by atoms with van der Waals surface area (Å²) in [5.74, 6) is -0.330. The molecule has 3 rings (SSSR count). The van der Waals surface area contributed by atoms with Gasteiger partial charge in [-0.25, -0.2) is 4.39 Å². The third-order valence-electron chi connectivity index (χ3n) is 3.41. The zero-order valence-electron chi connectivity index (χ0n) is 9.36. The van der Waals surface area contributed by atoms with Crippen molar-refractivity contribution in [1.29, 1.82) is 0 Å². The molecule has 2 nitrogen and oxygen atoms in total. The first kappa shape index (κ1) is 10.4. The third-order valence-corrected chi connectivity index (χ3v) is 3.41. The Bertz CT molecular complexity index is 541. The van der Waals surface area contributed by atoms with E-state index in [0.717, 1.165) is 18.4 Å². The van der Waals surface area contributed by atoms with Gasteiger partial charge in [0.05, 0.1) is 11.7 Å². The van der Waals surface area contributed by atoms with Gasteiger partial charge in [0.15, 0.2) is 0 Å². The van der Waals surface area contributed by atoms with Crippen LogP contribution in [0.15, 0.2) is 42.7 Å². The van der Waals surface area contributed by atoms with Gasteiger partial charge in [0.1, 0.15) is 5.82 Å². The maximum Gasteiger partial charge on any atom is 0.141 e. The maximum absolute atomic E-state index is 13.2. The molecule has 1 heterocycles. The van der Waals surface area contributed by atoms with Gasteiger partial charge in [-0.3, -0.25) is 4.98 Å². The fraction of sp³-hybridized carbons (Fsp3) is 0.214. The summed E-state index contributed by atoms with van der Waals surface area (Å²) in [5, 5.41) is 0. The number of nitrogens with two attached hydrogens (primary N) is 1. The number of hydrogen-bond donors (Lipinski definition) is 1. The summed E-state index contributed by atoms with van der Waals surface area (Å²) in [4.78, 5) is 3.88. The lowest BCUT2D eigenvalue weighted by molar-refractivity contribution is 0.466. The Hall–Kier alpha value is -1.74. The lowest BCUT2D eigenvalue weighted by Crippen LogP contribution is -2.37. The van der Waals surface area contributed by atoms with Gasteiger partial charge in [-0.15, -0.1) is 0 Å². The molecule has 2 N–H and O–H groups in total. The van der Waals surface area contributed by atoms with Crippen molar-refractivity contribution in [3.8, 4) is 0 Å². The molecule has 1 aliphatic rings. The molecule has 0 fully saturated rings. The van der Waals surface area contributed by atoms with Crippen LogP contribution in [0.5, 0.6) is 0 Å². The summed E-state index contributed by atoms with van der Waals surface area (Å²) in [6.07, 6.45) is 4.35. The molecule has 0 amide bonds. The number of nitrogens with zero attached hydrogens (tertiary/aromatic N) is 1. The molecule has 1 aromatic heterocycles. The second kappa shape index (κ2) is 3.64. The van der Waals surface area contributed by atoms with E-state index in [0.29, 0.717) is 0 Å². The maximum atomic E-state index is 13.2. The summed E-state index contributed by atoms with van der Waals surface area (Å²) in [5.41, 5.74) is 9.15. The molecule has 2 aromatic rings. The first-order valence-corrected chi connectivity index (χ1v) is 5.64. The lowest BCUT2D eigenvalue weighted by atomic mass is 9.89. The van der Waals surface area contributed by atoms with Crippen molar-refractivity contribution in [1.82, 2.24) is 4.98 Å². The summed E-state index contributed by atoms with van der Waals surface area (Å²) >= 11 is 0. The SMILES string of the molecule is NC1(c2cncc(F)c2)Cc2ccccc2C1. The summed E-state index contributed by atoms with van der Waals surface area (Å²) < 4.78 is 13.2. The highest BCUT2D eigenvalue weighted by molar-refractivity contribution is 5.40. The Kier molecular flexibility index (Phi) is 2.23. The fourth-order valence-corrected chi connectivity index (χ4v) is 2.53. The monoisotopic (exact) mass is 228 g/mol. The second-order valence-electron chi connectivity index (χ2n) is 4.67. The average Bonchev–Trinajstić information content (AvgIpc) is 2.66. The number of hydrogen-bond acceptors (Lipinski definition) is 2. The molecule has 0 saturated carbocycles. The Labute approximate surface area is 99.3 Å². The van der Waals surface area contributed by atoms with Crippen LogP contribution >= 0.6 is 0 Å². The number of aromatic nitrogens is 1. The van der Waals surface area contributed by atoms with Gasteiger partial charge >= 0.3 is 0 Å². The third kappa shape index (κ3) is 1.72. The molecule has 1 aliphatic carbocycles. The largest absolute Gasteiger partial charge is 0.321 e. The first-order chi connectivity index (χ1) is 8.17. The lowest BCUT2D eigenvalue weighted by Gasteiger charge is -2.23. The number of pyridine rings is 1. The molecule has 0 atom stereocenters. The molecule has 0 saturated heterocycles. The Morgan fingerprint density at radius 3 is 2.35 bits per heavy atom. The van der Waals surface area contributed by atoms with Gasteiger partial charge in [0, 0.05) is 6.20 Å². The van der Waals surface area contributed by atoms with E-state index < -0.39 is 5.54 Å². The molecule has 0 radical (unpaired) electrons. The molecular formula is C14H13FN2. The van der Waals surface area contributed by atoms with Crippen LogP contribution in [0.1, 0.15) is 16.7 Å². The molecule has 3 heteroatoms. The van der Waals surface area contributed by atoms with Crippen LogP contribution < -0.4 is 5.73 Å². The van der Waals surface area contributed by atoms with Gasteiger partial charge < -0.3 is 5.73 Å². The molecular weight excluding hydrogens is 215 g/mol. The van der Waals surface area contributed by atoms with Crippen LogP contribution in [-0.2, 0) is 18.4 Å². The molecule has 86 valence electrons. The van der Waals surface area contributed by atoms with E-state index in [1.807, 2.05) is 12.1 Å². The van der Waals surface area contributed by atoms with Crippen molar-refractivity contribution in [2.24, 2.45) is 5.73 Å². The van der Waals surface area contributed by atoms with Crippen LogP contribution in [0.4, 0.5) is 4.39 Å². The quantitative estimate of drug-likeness (QED) is 0.812. The predicted molar refractivity (Wildman–Crippen MR) is 63.9 cm³/mol. The van der Waals surface area contributed by atoms with Gasteiger partial charge in [0.25, 0.3) is 0 Å². The fourth-order valence-electron chi connectivity index (χ4n) is 2.53. The molecule has 0 spiro atoms. The topological polar surface area (TPSA) is 38.9 Å². The van der Waals surface area contributed by atoms with E-state index in [-0.39, 0.29) is 5.82 Å². The summed E-state index contributed by atoms with van der Waals surface area (Å²) in [7, 11) is 0. The average molecular weight is 228 g/mol. The molecule has 17 heavy (non-hydrogen) atoms. The number of fused-ring (bicyclic) bond motifs is 1. The van der Waals surface area contributed by atoms with E-state index in [2.05, 4.69) is 17.1 Å². The normalized spacial score (nSPS) is 16.8. The van der Waals surface area contributed by atoms with Gasteiger partial charge in [-0.05, 0) is 35.6 Å². The highest BCUT2D eigenvalue weighted by Crippen LogP contribution is 2.35. The van der Waals surface area contributed by atoms with E-state index in [4.69, 9.17) is 5.73 Å². The van der Waals surface area contributed by atoms with Crippen LogP contribution in [0.25, 0.3) is 0 Å². The van der Waals surface area contributed by atoms with Gasteiger partial charge in [0.2, 0.25) is 0 Å². The van der Waals surface area contributed by atoms with Crippen molar-refractivity contribution < 1.29 is 4.39 Å². The second-order valence-corrected chi connectivity index (χ2v) is 4.67. The zero-order chi connectivity index (χ0) is 11.9. The van der Waals surface area contributed by atoms with Crippen molar-refractivity contribution >= 4 is 0 Å². The van der Waals surface area contributed by atoms with Crippen molar-refractivity contribution in [3.05, 3.63) is 65.2 Å². The Morgan fingerprint density at radius 1 is 1.12 bits per heavy atom. The van der Waals surface area contributed by atoms with Crippen molar-refractivity contribution in [3.63, 3.8) is 0 Å². The van der Waals surface area contributed by atoms with Crippen LogP contribution in [0.3, 0.4) is 0 Å². The minimum absolute atomic E-state index is 0.330. The Morgan fingerprint density at radius 2 is 1.76 bits per heavy atom. The Balaban J connectivity index is 2.01. The zero-order valence-corrected chi connectivity index (χ0v) is 9.36. The standard InChI is InChI=1S/C14H13FN2/c15-13-5-12(8-17-9-13)14(16)6-10-3-1-2-4-11(10)7-14/h1-5,8-9H,6-7,16H2. The minimum Gasteiger partial charge on any atom is -0.321 e. The van der Waals surface area contributed by atoms with Crippen LogP contribution in [0, 0.1) is 5.82 Å². The molecule has 1 aromatic carbocycles. The smallest absolute Gasteiger partial charge is 0.141 e. The number of benzene rings is 1. The van der Waals surface area contributed by atoms with E-state index in [1.165, 1.54) is 23.4 Å². The van der Waals surface area contributed by atoms with Gasteiger partial charge in [-0.1, -0.05) is 24.3 Å².